The van der Waals surface area contributed by atoms with Crippen LogP contribution in [0.3, 0.4) is 0 Å². The Labute approximate surface area is 82.6 Å². The molecule has 0 fully saturated rings. The summed E-state index contributed by atoms with van der Waals surface area (Å²) in [7, 11) is -3.35. The first-order valence-electron chi connectivity index (χ1n) is 4.10. The van der Waals surface area contributed by atoms with E-state index in [0.29, 0.717) is 18.8 Å². The monoisotopic (exact) mass is 216 g/mol. The zero-order valence-corrected chi connectivity index (χ0v) is 8.37. The van der Waals surface area contributed by atoms with Gasteiger partial charge in [-0.05, 0) is 18.6 Å². The minimum absolute atomic E-state index is 0.0275. The van der Waals surface area contributed by atoms with E-state index < -0.39 is 10.0 Å². The van der Waals surface area contributed by atoms with Crippen LogP contribution in [0, 0.1) is 0 Å². The van der Waals surface area contributed by atoms with Crippen LogP contribution in [-0.2, 0) is 10.0 Å². The van der Waals surface area contributed by atoms with Crippen molar-refractivity contribution >= 4 is 15.8 Å². The molecule has 6 nitrogen and oxygen atoms in total. The fourth-order valence-electron chi connectivity index (χ4n) is 0.886. The van der Waals surface area contributed by atoms with Crippen LogP contribution in [0.4, 0.5) is 5.82 Å². The van der Waals surface area contributed by atoms with Crippen LogP contribution >= 0.6 is 0 Å². The van der Waals surface area contributed by atoms with Gasteiger partial charge in [0.05, 0.1) is 5.75 Å². The molecule has 3 N–H and O–H groups in total. The average Bonchev–Trinajstić information content (AvgIpc) is 2.13. The Hall–Kier alpha value is -1.21. The molecule has 0 radical (unpaired) electrons. The first kappa shape index (κ1) is 10.9. The molecule has 0 unspecified atom stereocenters. The number of nitrogens with two attached hydrogens (primary N) is 1. The number of hydrogen-bond acceptors (Lipinski definition) is 5. The maximum absolute atomic E-state index is 10.6. The lowest BCUT2D eigenvalue weighted by Crippen LogP contribution is -2.18. The molecule has 0 bridgehead atoms. The number of rotatable bonds is 5. The van der Waals surface area contributed by atoms with Crippen LogP contribution in [0.2, 0.25) is 0 Å². The van der Waals surface area contributed by atoms with E-state index >= 15 is 0 Å². The van der Waals surface area contributed by atoms with Crippen molar-refractivity contribution in [2.45, 2.75) is 6.42 Å². The first-order valence-corrected chi connectivity index (χ1v) is 5.81. The van der Waals surface area contributed by atoms with Gasteiger partial charge in [0.2, 0.25) is 10.0 Å². The predicted octanol–water partition coefficient (Wildman–Crippen LogP) is -0.433. The second-order valence-corrected chi connectivity index (χ2v) is 4.49. The summed E-state index contributed by atoms with van der Waals surface area (Å²) in [4.78, 5) is 0. The van der Waals surface area contributed by atoms with Gasteiger partial charge in [-0.25, -0.2) is 13.6 Å². The first-order chi connectivity index (χ1) is 6.58. The van der Waals surface area contributed by atoms with Crippen LogP contribution in [0.15, 0.2) is 18.3 Å². The van der Waals surface area contributed by atoms with Crippen molar-refractivity contribution in [3.63, 3.8) is 0 Å². The number of nitrogens with zero attached hydrogens (tertiary/aromatic N) is 2. The maximum Gasteiger partial charge on any atom is 0.209 e. The highest BCUT2D eigenvalue weighted by atomic mass is 32.2. The number of primary sulfonamides is 1. The van der Waals surface area contributed by atoms with Gasteiger partial charge in [0.1, 0.15) is 5.82 Å². The number of nitrogens with one attached hydrogen (secondary N) is 1. The van der Waals surface area contributed by atoms with Gasteiger partial charge in [0.15, 0.2) is 0 Å². The van der Waals surface area contributed by atoms with Crippen LogP contribution in [0.5, 0.6) is 0 Å². The van der Waals surface area contributed by atoms with Crippen LogP contribution in [0.25, 0.3) is 0 Å². The summed E-state index contributed by atoms with van der Waals surface area (Å²) in [6.07, 6.45) is 2.02. The second-order valence-electron chi connectivity index (χ2n) is 2.76. The molecule has 0 aliphatic carbocycles. The molecule has 14 heavy (non-hydrogen) atoms. The van der Waals surface area contributed by atoms with E-state index in [2.05, 4.69) is 15.5 Å². The van der Waals surface area contributed by atoms with E-state index in [9.17, 15) is 8.42 Å². The van der Waals surface area contributed by atoms with Crippen molar-refractivity contribution in [2.24, 2.45) is 5.14 Å². The lowest BCUT2D eigenvalue weighted by Gasteiger charge is -2.02. The van der Waals surface area contributed by atoms with E-state index in [-0.39, 0.29) is 5.75 Å². The fraction of sp³-hybridized carbons (Fsp3) is 0.429. The quantitative estimate of drug-likeness (QED) is 0.651. The van der Waals surface area contributed by atoms with Crippen molar-refractivity contribution < 1.29 is 8.42 Å². The van der Waals surface area contributed by atoms with Gasteiger partial charge in [-0.2, -0.15) is 5.10 Å². The van der Waals surface area contributed by atoms with Gasteiger partial charge in [0, 0.05) is 12.7 Å². The standard InChI is InChI=1S/C7H12N4O2S/c8-14(12,13)6-2-4-9-7-3-1-5-10-11-7/h1,3,5H,2,4,6H2,(H,9,11)(H2,8,12,13). The summed E-state index contributed by atoms with van der Waals surface area (Å²) in [6.45, 7) is 0.509. The zero-order valence-electron chi connectivity index (χ0n) is 7.55. The van der Waals surface area contributed by atoms with Crippen molar-refractivity contribution in [3.8, 4) is 0 Å². The number of anilines is 1. The van der Waals surface area contributed by atoms with Crippen LogP contribution in [-0.4, -0.2) is 30.9 Å². The van der Waals surface area contributed by atoms with Crippen molar-refractivity contribution in [2.75, 3.05) is 17.6 Å². The van der Waals surface area contributed by atoms with Gasteiger partial charge in [0.25, 0.3) is 0 Å². The SMILES string of the molecule is NS(=O)(=O)CCCNc1cccnn1. The molecule has 1 aromatic heterocycles. The minimum atomic E-state index is -3.35. The molecule has 0 amide bonds. The highest BCUT2D eigenvalue weighted by molar-refractivity contribution is 7.89. The average molecular weight is 216 g/mol. The normalized spacial score (nSPS) is 11.2. The summed E-state index contributed by atoms with van der Waals surface area (Å²) in [5.74, 6) is 0.599. The molecule has 0 atom stereocenters. The number of aromatic nitrogens is 2. The summed E-state index contributed by atoms with van der Waals surface area (Å²) < 4.78 is 21.1. The molecule has 7 heteroatoms. The van der Waals surface area contributed by atoms with Gasteiger partial charge >= 0.3 is 0 Å². The molecule has 0 spiro atoms. The molecule has 0 saturated heterocycles. The largest absolute Gasteiger partial charge is 0.369 e. The highest BCUT2D eigenvalue weighted by Gasteiger charge is 2.01. The Kier molecular flexibility index (Phi) is 3.78. The molecule has 0 aromatic carbocycles. The third-order valence-corrected chi connectivity index (χ3v) is 2.34. The Morgan fingerprint density at radius 2 is 2.29 bits per heavy atom. The van der Waals surface area contributed by atoms with Gasteiger partial charge in [-0.15, -0.1) is 5.10 Å². The minimum Gasteiger partial charge on any atom is -0.369 e. The van der Waals surface area contributed by atoms with E-state index in [1.165, 1.54) is 0 Å². The molecule has 0 aliphatic heterocycles. The van der Waals surface area contributed by atoms with Crippen molar-refractivity contribution in [3.05, 3.63) is 18.3 Å². The number of sulfonamides is 1. The highest BCUT2D eigenvalue weighted by Crippen LogP contribution is 1.97. The number of hydrogen-bond donors (Lipinski definition) is 2. The Morgan fingerprint density at radius 3 is 2.86 bits per heavy atom. The lowest BCUT2D eigenvalue weighted by molar-refractivity contribution is 0.595. The molecule has 1 rings (SSSR count). The van der Waals surface area contributed by atoms with Crippen LogP contribution < -0.4 is 10.5 Å². The Balaban J connectivity index is 2.23. The molecule has 1 aromatic rings. The molecule has 0 saturated carbocycles. The van der Waals surface area contributed by atoms with Gasteiger partial charge < -0.3 is 5.32 Å². The predicted molar refractivity (Wildman–Crippen MR) is 53.1 cm³/mol. The molecule has 0 aliphatic rings. The zero-order chi connectivity index (χ0) is 10.4. The fourth-order valence-corrected chi connectivity index (χ4v) is 1.43. The Bertz CT molecular complexity index is 365. The van der Waals surface area contributed by atoms with E-state index in [0.717, 1.165) is 0 Å². The third-order valence-electron chi connectivity index (χ3n) is 1.48. The topological polar surface area (TPSA) is 98.0 Å². The van der Waals surface area contributed by atoms with Crippen LogP contribution in [0.1, 0.15) is 6.42 Å². The summed E-state index contributed by atoms with van der Waals surface area (Å²) >= 11 is 0. The lowest BCUT2D eigenvalue weighted by atomic mass is 10.4. The molecular formula is C7H12N4O2S. The molecule has 1 heterocycles. The maximum atomic E-state index is 10.6. The van der Waals surface area contributed by atoms with Crippen molar-refractivity contribution in [1.82, 2.24) is 10.2 Å². The second kappa shape index (κ2) is 4.87. The summed E-state index contributed by atoms with van der Waals surface area (Å²) in [5, 5.41) is 15.2. The van der Waals surface area contributed by atoms with E-state index in [1.807, 2.05) is 0 Å². The van der Waals surface area contributed by atoms with E-state index in [1.54, 1.807) is 18.3 Å². The third kappa shape index (κ3) is 4.73. The summed E-state index contributed by atoms with van der Waals surface area (Å²) in [6, 6.07) is 3.50. The molecule has 78 valence electrons. The molecular weight excluding hydrogens is 204 g/mol. The smallest absolute Gasteiger partial charge is 0.209 e. The van der Waals surface area contributed by atoms with E-state index in [4.69, 9.17) is 5.14 Å². The van der Waals surface area contributed by atoms with Gasteiger partial charge in [-0.1, -0.05) is 0 Å². The van der Waals surface area contributed by atoms with Gasteiger partial charge in [-0.3, -0.25) is 0 Å². The summed E-state index contributed by atoms with van der Waals surface area (Å²) in [5.41, 5.74) is 0. The van der Waals surface area contributed by atoms with Crippen molar-refractivity contribution in [1.29, 1.82) is 0 Å². The Morgan fingerprint density at radius 1 is 1.50 bits per heavy atom.